The number of aromatic nitrogens is 2. The highest BCUT2D eigenvalue weighted by Crippen LogP contribution is 2.20. The Hall–Kier alpha value is -3.86. The Balaban J connectivity index is 1.88. The summed E-state index contributed by atoms with van der Waals surface area (Å²) in [5.74, 6) is -1.57. The van der Waals surface area contributed by atoms with Crippen molar-refractivity contribution in [3.8, 4) is 0 Å². The van der Waals surface area contributed by atoms with E-state index in [0.717, 1.165) is 12.1 Å². The Kier molecular flexibility index (Phi) is 4.77. The molecule has 0 spiro atoms. The highest BCUT2D eigenvalue weighted by molar-refractivity contribution is 7.08. The van der Waals surface area contributed by atoms with Crippen LogP contribution in [0.5, 0.6) is 0 Å². The molecule has 2 aromatic carbocycles. The molecular formula is C16H8N4O6S. The second-order valence-corrected chi connectivity index (χ2v) is 5.95. The van der Waals surface area contributed by atoms with E-state index < -0.39 is 21.4 Å². The van der Waals surface area contributed by atoms with Crippen LogP contribution in [0.2, 0.25) is 0 Å². The summed E-state index contributed by atoms with van der Waals surface area (Å²) in [5.41, 5.74) is -0.465. The first-order valence-electron chi connectivity index (χ1n) is 7.29. The Labute approximate surface area is 154 Å². The van der Waals surface area contributed by atoms with E-state index in [1.165, 1.54) is 36.4 Å². The largest absolute Gasteiger partial charge is 0.286 e. The molecule has 1 heterocycles. The Morgan fingerprint density at radius 3 is 1.89 bits per heavy atom. The molecule has 0 aliphatic heterocycles. The molecule has 3 rings (SSSR count). The van der Waals surface area contributed by atoms with Crippen LogP contribution in [-0.4, -0.2) is 30.8 Å². The Bertz CT molecular complexity index is 1010. The maximum absolute atomic E-state index is 12.4. The van der Waals surface area contributed by atoms with Crippen molar-refractivity contribution in [3.05, 3.63) is 90.7 Å². The van der Waals surface area contributed by atoms with Crippen LogP contribution in [-0.2, 0) is 0 Å². The quantitative estimate of drug-likeness (QED) is 0.358. The van der Waals surface area contributed by atoms with Crippen LogP contribution >= 0.6 is 11.5 Å². The number of rotatable bonds is 6. The fourth-order valence-corrected chi connectivity index (χ4v) is 2.81. The molecule has 10 nitrogen and oxygen atoms in total. The molecule has 27 heavy (non-hydrogen) atoms. The predicted molar refractivity (Wildman–Crippen MR) is 93.0 cm³/mol. The van der Waals surface area contributed by atoms with Crippen molar-refractivity contribution in [3.63, 3.8) is 0 Å². The minimum atomic E-state index is -0.673. The first-order chi connectivity index (χ1) is 12.9. The van der Waals surface area contributed by atoms with Gasteiger partial charge >= 0.3 is 0 Å². The number of nitrogens with zero attached hydrogens (tertiary/aromatic N) is 4. The van der Waals surface area contributed by atoms with Gasteiger partial charge in [-0.2, -0.15) is 4.37 Å². The lowest BCUT2D eigenvalue weighted by molar-refractivity contribution is -0.385. The van der Waals surface area contributed by atoms with Crippen LogP contribution in [0.4, 0.5) is 11.4 Å². The van der Waals surface area contributed by atoms with E-state index in [1.54, 1.807) is 0 Å². The van der Waals surface area contributed by atoms with Crippen LogP contribution in [0.15, 0.2) is 48.5 Å². The minimum absolute atomic E-state index is 0.0105. The van der Waals surface area contributed by atoms with Gasteiger partial charge in [0.2, 0.25) is 17.4 Å². The van der Waals surface area contributed by atoms with Gasteiger partial charge in [0.25, 0.3) is 11.4 Å². The fourth-order valence-electron chi connectivity index (χ4n) is 2.18. The molecule has 0 fully saturated rings. The lowest BCUT2D eigenvalue weighted by atomic mass is 10.1. The van der Waals surface area contributed by atoms with E-state index in [0.29, 0.717) is 11.5 Å². The minimum Gasteiger partial charge on any atom is -0.286 e. The number of nitro groups is 2. The first-order valence-corrected chi connectivity index (χ1v) is 8.06. The van der Waals surface area contributed by atoms with E-state index in [1.807, 2.05) is 0 Å². The number of benzene rings is 2. The standard InChI is InChI=1S/C16H8N4O6S/c21-13(9-3-1-5-11(7-9)19(23)24)15-17-16(27-18-15)14(22)10-4-2-6-12(8-10)20(25)26/h1-8H. The molecule has 134 valence electrons. The van der Waals surface area contributed by atoms with Crippen molar-refractivity contribution < 1.29 is 19.4 Å². The third-order valence-corrected chi connectivity index (χ3v) is 4.18. The van der Waals surface area contributed by atoms with Crippen molar-refractivity contribution in [1.82, 2.24) is 9.36 Å². The highest BCUT2D eigenvalue weighted by Gasteiger charge is 2.22. The summed E-state index contributed by atoms with van der Waals surface area (Å²) in [6, 6.07) is 10.2. The molecule has 0 saturated heterocycles. The summed E-state index contributed by atoms with van der Waals surface area (Å²) in [4.78, 5) is 49.1. The Morgan fingerprint density at radius 2 is 1.37 bits per heavy atom. The van der Waals surface area contributed by atoms with Crippen LogP contribution in [0.25, 0.3) is 0 Å². The summed E-state index contributed by atoms with van der Waals surface area (Å²) in [6.45, 7) is 0. The maximum Gasteiger partial charge on any atom is 0.270 e. The number of hydrogen-bond donors (Lipinski definition) is 0. The smallest absolute Gasteiger partial charge is 0.270 e. The molecule has 0 radical (unpaired) electrons. The topological polar surface area (TPSA) is 146 Å². The third-order valence-electron chi connectivity index (χ3n) is 3.46. The zero-order chi connectivity index (χ0) is 19.6. The molecule has 0 bridgehead atoms. The van der Waals surface area contributed by atoms with Crippen molar-refractivity contribution in [2.45, 2.75) is 0 Å². The van der Waals surface area contributed by atoms with Gasteiger partial charge in [-0.1, -0.05) is 24.3 Å². The average Bonchev–Trinajstić information content (AvgIpc) is 3.17. The molecule has 0 amide bonds. The van der Waals surface area contributed by atoms with E-state index in [2.05, 4.69) is 9.36 Å². The summed E-state index contributed by atoms with van der Waals surface area (Å²) in [6.07, 6.45) is 0. The summed E-state index contributed by atoms with van der Waals surface area (Å²) in [7, 11) is 0. The SMILES string of the molecule is O=C(c1cccc([N+](=O)[O-])c1)c1nsc(C(=O)c2cccc([N+](=O)[O-])c2)n1. The van der Waals surface area contributed by atoms with E-state index in [4.69, 9.17) is 0 Å². The van der Waals surface area contributed by atoms with Gasteiger partial charge in [0.05, 0.1) is 9.85 Å². The number of ketones is 2. The highest BCUT2D eigenvalue weighted by atomic mass is 32.1. The monoisotopic (exact) mass is 384 g/mol. The van der Waals surface area contributed by atoms with Gasteiger partial charge in [0.15, 0.2) is 5.01 Å². The van der Waals surface area contributed by atoms with E-state index >= 15 is 0 Å². The fraction of sp³-hybridized carbons (Fsp3) is 0. The molecule has 0 saturated carbocycles. The summed E-state index contributed by atoms with van der Waals surface area (Å²) < 4.78 is 3.83. The lowest BCUT2D eigenvalue weighted by Gasteiger charge is -1.98. The summed E-state index contributed by atoms with van der Waals surface area (Å²) in [5, 5.41) is 21.5. The molecule has 0 aliphatic carbocycles. The normalized spacial score (nSPS) is 10.4. The lowest BCUT2D eigenvalue weighted by Crippen LogP contribution is -2.06. The van der Waals surface area contributed by atoms with Gasteiger partial charge in [-0.15, -0.1) is 0 Å². The van der Waals surface area contributed by atoms with Crippen molar-refractivity contribution in [2.24, 2.45) is 0 Å². The van der Waals surface area contributed by atoms with E-state index in [9.17, 15) is 29.8 Å². The second kappa shape index (κ2) is 7.17. The van der Waals surface area contributed by atoms with Gasteiger partial charge < -0.3 is 0 Å². The zero-order valence-corrected chi connectivity index (χ0v) is 14.1. The van der Waals surface area contributed by atoms with Crippen LogP contribution < -0.4 is 0 Å². The third kappa shape index (κ3) is 3.72. The maximum atomic E-state index is 12.4. The molecule has 0 unspecified atom stereocenters. The van der Waals surface area contributed by atoms with E-state index in [-0.39, 0.29) is 33.3 Å². The number of hydrogen-bond acceptors (Lipinski definition) is 9. The molecule has 11 heteroatoms. The molecular weight excluding hydrogens is 376 g/mol. The Morgan fingerprint density at radius 1 is 0.852 bits per heavy atom. The van der Waals surface area contributed by atoms with Crippen molar-refractivity contribution in [1.29, 1.82) is 0 Å². The van der Waals surface area contributed by atoms with Gasteiger partial charge in [0, 0.05) is 35.4 Å². The molecule has 0 aliphatic rings. The number of nitro benzene ring substituents is 2. The van der Waals surface area contributed by atoms with Crippen LogP contribution in [0.1, 0.15) is 31.5 Å². The number of carbonyl (C=O) groups is 2. The molecule has 3 aromatic rings. The molecule has 1 aromatic heterocycles. The molecule has 0 N–H and O–H groups in total. The first kappa shape index (κ1) is 17.9. The molecule has 0 atom stereocenters. The summed E-state index contributed by atoms with van der Waals surface area (Å²) >= 11 is 0.665. The number of carbonyl (C=O) groups excluding carboxylic acids is 2. The number of non-ortho nitro benzene ring substituents is 2. The van der Waals surface area contributed by atoms with Crippen LogP contribution in [0.3, 0.4) is 0 Å². The predicted octanol–water partition coefficient (Wildman–Crippen LogP) is 2.82. The second-order valence-electron chi connectivity index (χ2n) is 5.20. The van der Waals surface area contributed by atoms with Crippen molar-refractivity contribution in [2.75, 3.05) is 0 Å². The van der Waals surface area contributed by atoms with Gasteiger partial charge in [0.1, 0.15) is 0 Å². The van der Waals surface area contributed by atoms with Crippen LogP contribution in [0, 0.1) is 20.2 Å². The van der Waals surface area contributed by atoms with Gasteiger partial charge in [-0.05, 0) is 11.5 Å². The van der Waals surface area contributed by atoms with Gasteiger partial charge in [-0.3, -0.25) is 29.8 Å². The average molecular weight is 384 g/mol. The van der Waals surface area contributed by atoms with Crippen molar-refractivity contribution >= 4 is 34.5 Å². The zero-order valence-electron chi connectivity index (χ0n) is 13.3. The van der Waals surface area contributed by atoms with Gasteiger partial charge in [-0.25, -0.2) is 4.98 Å².